The molecule has 0 aliphatic carbocycles. The number of amides is 2. The predicted octanol–water partition coefficient (Wildman–Crippen LogP) is 2.31. The molecule has 1 saturated heterocycles. The molecule has 8 heteroatoms. The molecule has 148 valence electrons. The van der Waals surface area contributed by atoms with E-state index in [1.807, 2.05) is 38.1 Å². The summed E-state index contributed by atoms with van der Waals surface area (Å²) >= 11 is 0. The molecule has 0 saturated carbocycles. The van der Waals surface area contributed by atoms with Crippen molar-refractivity contribution in [2.75, 3.05) is 31.5 Å². The SMILES string of the molecule is CC(=O)N1CCN(C(=O)c2ccc(Nc3ccccc3OC(C)C)nn2)CC1. The van der Waals surface area contributed by atoms with Crippen molar-refractivity contribution in [2.45, 2.75) is 26.9 Å². The summed E-state index contributed by atoms with van der Waals surface area (Å²) in [6, 6.07) is 11.0. The van der Waals surface area contributed by atoms with Crippen LogP contribution >= 0.6 is 0 Å². The van der Waals surface area contributed by atoms with Gasteiger partial charge < -0.3 is 19.9 Å². The molecule has 1 aliphatic heterocycles. The minimum absolute atomic E-state index is 0.0315. The van der Waals surface area contributed by atoms with Gasteiger partial charge in [0.15, 0.2) is 11.5 Å². The summed E-state index contributed by atoms with van der Waals surface area (Å²) in [4.78, 5) is 27.4. The van der Waals surface area contributed by atoms with Crippen LogP contribution in [0.25, 0.3) is 0 Å². The van der Waals surface area contributed by atoms with E-state index in [1.165, 1.54) is 0 Å². The van der Waals surface area contributed by atoms with Gasteiger partial charge in [-0.3, -0.25) is 9.59 Å². The van der Waals surface area contributed by atoms with E-state index in [2.05, 4.69) is 15.5 Å². The molecule has 0 spiro atoms. The maximum atomic E-state index is 12.6. The van der Waals surface area contributed by atoms with Crippen molar-refractivity contribution in [3.8, 4) is 5.75 Å². The summed E-state index contributed by atoms with van der Waals surface area (Å²) in [5, 5.41) is 11.4. The van der Waals surface area contributed by atoms with Crippen LogP contribution in [0.3, 0.4) is 0 Å². The molecule has 0 radical (unpaired) electrons. The van der Waals surface area contributed by atoms with Crippen LogP contribution in [0.1, 0.15) is 31.3 Å². The molecule has 8 nitrogen and oxygen atoms in total. The number of nitrogens with zero attached hydrogens (tertiary/aromatic N) is 4. The number of piperazine rings is 1. The van der Waals surface area contributed by atoms with Gasteiger partial charge in [-0.15, -0.1) is 10.2 Å². The minimum Gasteiger partial charge on any atom is -0.489 e. The second-order valence-corrected chi connectivity index (χ2v) is 6.89. The van der Waals surface area contributed by atoms with Crippen molar-refractivity contribution in [3.63, 3.8) is 0 Å². The first-order chi connectivity index (χ1) is 13.4. The molecule has 0 atom stereocenters. The van der Waals surface area contributed by atoms with E-state index in [0.29, 0.717) is 32.0 Å². The monoisotopic (exact) mass is 383 g/mol. The van der Waals surface area contributed by atoms with Gasteiger partial charge in [0, 0.05) is 33.1 Å². The highest BCUT2D eigenvalue weighted by Gasteiger charge is 2.24. The van der Waals surface area contributed by atoms with Crippen LogP contribution in [0.2, 0.25) is 0 Å². The molecule has 1 fully saturated rings. The number of rotatable bonds is 5. The highest BCUT2D eigenvalue weighted by Crippen LogP contribution is 2.27. The van der Waals surface area contributed by atoms with Crippen LogP contribution in [0, 0.1) is 0 Å². The minimum atomic E-state index is -0.175. The molecular weight excluding hydrogens is 358 g/mol. The Bertz CT molecular complexity index is 830. The number of benzene rings is 1. The number of ether oxygens (including phenoxy) is 1. The molecule has 2 aromatic rings. The normalized spacial score (nSPS) is 14.1. The molecule has 2 heterocycles. The summed E-state index contributed by atoms with van der Waals surface area (Å²) in [6.07, 6.45) is 0.0532. The van der Waals surface area contributed by atoms with Gasteiger partial charge in [-0.05, 0) is 38.1 Å². The molecular formula is C20H25N5O3. The van der Waals surface area contributed by atoms with E-state index in [-0.39, 0.29) is 23.6 Å². The Morgan fingerprint density at radius 1 is 1.00 bits per heavy atom. The maximum absolute atomic E-state index is 12.6. The lowest BCUT2D eigenvalue weighted by atomic mass is 10.2. The molecule has 28 heavy (non-hydrogen) atoms. The van der Waals surface area contributed by atoms with Crippen molar-refractivity contribution in [1.82, 2.24) is 20.0 Å². The predicted molar refractivity (Wildman–Crippen MR) is 106 cm³/mol. The van der Waals surface area contributed by atoms with Gasteiger partial charge in [-0.25, -0.2) is 0 Å². The highest BCUT2D eigenvalue weighted by molar-refractivity contribution is 5.92. The topological polar surface area (TPSA) is 87.7 Å². The van der Waals surface area contributed by atoms with E-state index >= 15 is 0 Å². The molecule has 1 N–H and O–H groups in total. The van der Waals surface area contributed by atoms with E-state index in [1.54, 1.807) is 28.9 Å². The Morgan fingerprint density at radius 2 is 1.68 bits per heavy atom. The smallest absolute Gasteiger partial charge is 0.274 e. The van der Waals surface area contributed by atoms with Gasteiger partial charge in [0.2, 0.25) is 5.91 Å². The summed E-state index contributed by atoms with van der Waals surface area (Å²) < 4.78 is 5.78. The lowest BCUT2D eigenvalue weighted by Crippen LogP contribution is -2.50. The molecule has 1 aromatic heterocycles. The largest absolute Gasteiger partial charge is 0.489 e. The zero-order chi connectivity index (χ0) is 20.1. The first-order valence-electron chi connectivity index (χ1n) is 9.35. The van der Waals surface area contributed by atoms with E-state index in [0.717, 1.165) is 11.4 Å². The maximum Gasteiger partial charge on any atom is 0.274 e. The van der Waals surface area contributed by atoms with Crippen molar-refractivity contribution >= 4 is 23.3 Å². The second-order valence-electron chi connectivity index (χ2n) is 6.89. The first-order valence-corrected chi connectivity index (χ1v) is 9.35. The fourth-order valence-electron chi connectivity index (χ4n) is 2.96. The average Bonchev–Trinajstić information content (AvgIpc) is 2.69. The lowest BCUT2D eigenvalue weighted by molar-refractivity contribution is -0.130. The number of hydrogen-bond acceptors (Lipinski definition) is 6. The van der Waals surface area contributed by atoms with Crippen LogP contribution in [0.15, 0.2) is 36.4 Å². The van der Waals surface area contributed by atoms with Gasteiger partial charge in [-0.2, -0.15) is 0 Å². The van der Waals surface area contributed by atoms with Gasteiger partial charge in [0.05, 0.1) is 11.8 Å². The third-order valence-corrected chi connectivity index (χ3v) is 4.41. The number of nitrogens with one attached hydrogen (secondary N) is 1. The number of aromatic nitrogens is 2. The van der Waals surface area contributed by atoms with E-state index in [4.69, 9.17) is 4.74 Å². The molecule has 0 unspecified atom stereocenters. The highest BCUT2D eigenvalue weighted by atomic mass is 16.5. The molecule has 1 aliphatic rings. The third-order valence-electron chi connectivity index (χ3n) is 4.41. The molecule has 2 amide bonds. The fraction of sp³-hybridized carbons (Fsp3) is 0.400. The van der Waals surface area contributed by atoms with Gasteiger partial charge in [0.25, 0.3) is 5.91 Å². The van der Waals surface area contributed by atoms with Crippen LogP contribution < -0.4 is 10.1 Å². The van der Waals surface area contributed by atoms with Crippen LogP contribution in [-0.2, 0) is 4.79 Å². The second kappa shape index (κ2) is 8.69. The number of hydrogen-bond donors (Lipinski definition) is 1. The lowest BCUT2D eigenvalue weighted by Gasteiger charge is -2.33. The van der Waals surface area contributed by atoms with Gasteiger partial charge in [-0.1, -0.05) is 12.1 Å². The Labute approximate surface area is 164 Å². The molecule has 3 rings (SSSR count). The Hall–Kier alpha value is -3.16. The standard InChI is InChI=1S/C20H25N5O3/c1-14(2)28-18-7-5-4-6-16(18)21-19-9-8-17(22-23-19)20(27)25-12-10-24(11-13-25)15(3)26/h4-9,14H,10-13H2,1-3H3,(H,21,23). The molecule has 1 aromatic carbocycles. The van der Waals surface area contributed by atoms with Gasteiger partial charge >= 0.3 is 0 Å². The first kappa shape index (κ1) is 19.6. The summed E-state index contributed by atoms with van der Waals surface area (Å²) in [5.41, 5.74) is 1.07. The Kier molecular flexibility index (Phi) is 6.08. The zero-order valence-electron chi connectivity index (χ0n) is 16.4. The van der Waals surface area contributed by atoms with Crippen molar-refractivity contribution in [1.29, 1.82) is 0 Å². The molecule has 0 bridgehead atoms. The van der Waals surface area contributed by atoms with Crippen LogP contribution in [0.5, 0.6) is 5.75 Å². The average molecular weight is 383 g/mol. The van der Waals surface area contributed by atoms with Crippen molar-refractivity contribution < 1.29 is 14.3 Å². The summed E-state index contributed by atoms with van der Waals surface area (Å²) in [5.74, 6) is 1.11. The fourth-order valence-corrected chi connectivity index (χ4v) is 2.96. The van der Waals surface area contributed by atoms with Crippen molar-refractivity contribution in [3.05, 3.63) is 42.1 Å². The van der Waals surface area contributed by atoms with Crippen LogP contribution in [-0.4, -0.2) is 64.1 Å². The number of carbonyl (C=O) groups excluding carboxylic acids is 2. The number of carbonyl (C=O) groups is 2. The summed E-state index contributed by atoms with van der Waals surface area (Å²) in [6.45, 7) is 7.56. The van der Waals surface area contributed by atoms with E-state index < -0.39 is 0 Å². The third kappa shape index (κ3) is 4.76. The van der Waals surface area contributed by atoms with Crippen molar-refractivity contribution in [2.24, 2.45) is 0 Å². The number of anilines is 2. The van der Waals surface area contributed by atoms with Gasteiger partial charge in [0.1, 0.15) is 5.75 Å². The Balaban J connectivity index is 1.64. The zero-order valence-corrected chi connectivity index (χ0v) is 16.4. The van der Waals surface area contributed by atoms with Crippen LogP contribution in [0.4, 0.5) is 11.5 Å². The summed E-state index contributed by atoms with van der Waals surface area (Å²) in [7, 11) is 0. The number of para-hydroxylation sites is 2. The Morgan fingerprint density at radius 3 is 2.29 bits per heavy atom. The quantitative estimate of drug-likeness (QED) is 0.853. The van der Waals surface area contributed by atoms with E-state index in [9.17, 15) is 9.59 Å².